The Hall–Kier alpha value is -1.73. The predicted octanol–water partition coefficient (Wildman–Crippen LogP) is 1.21. The van der Waals surface area contributed by atoms with Crippen LogP contribution in [0.25, 0.3) is 0 Å². The summed E-state index contributed by atoms with van der Waals surface area (Å²) in [7, 11) is 0. The largest absolute Gasteiger partial charge is 0.356 e. The Morgan fingerprint density at radius 1 is 1.35 bits per heavy atom. The number of benzene rings is 1. The van der Waals surface area contributed by atoms with Gasteiger partial charge >= 0.3 is 0 Å². The Kier molecular flexibility index (Phi) is 7.38. The fourth-order valence-electron chi connectivity index (χ4n) is 2.49. The number of carbonyl (C=O) groups excluding carboxylic acids is 2. The molecule has 1 saturated heterocycles. The summed E-state index contributed by atoms with van der Waals surface area (Å²) in [5, 5.41) is 5.64. The van der Waals surface area contributed by atoms with Crippen molar-refractivity contribution in [2.24, 2.45) is 0 Å². The number of amides is 2. The van der Waals surface area contributed by atoms with Gasteiger partial charge in [-0.1, -0.05) is 0 Å². The standard InChI is InChI=1S/C15H19F2N3O2.ClH/c1-2-18-14(21)8-13-15(22)20(4-3-19-13)9-10-5-11(16)7-12(17)6-10;/h5-7,13,19H,2-4,8-9H2,1H3,(H,18,21);1H. The van der Waals surface area contributed by atoms with Crippen LogP contribution in [0, 0.1) is 11.6 Å². The molecule has 0 saturated carbocycles. The van der Waals surface area contributed by atoms with E-state index in [0.717, 1.165) is 6.07 Å². The van der Waals surface area contributed by atoms with Gasteiger partial charge in [0, 0.05) is 32.2 Å². The monoisotopic (exact) mass is 347 g/mol. The summed E-state index contributed by atoms with van der Waals surface area (Å²) >= 11 is 0. The van der Waals surface area contributed by atoms with Crippen LogP contribution in [0.4, 0.5) is 8.78 Å². The maximum Gasteiger partial charge on any atom is 0.240 e. The lowest BCUT2D eigenvalue weighted by Gasteiger charge is -2.33. The molecule has 1 aromatic carbocycles. The zero-order valence-electron chi connectivity index (χ0n) is 12.8. The maximum atomic E-state index is 13.2. The van der Waals surface area contributed by atoms with E-state index in [0.29, 0.717) is 25.2 Å². The Labute approximate surface area is 139 Å². The molecule has 5 nitrogen and oxygen atoms in total. The molecule has 128 valence electrons. The summed E-state index contributed by atoms with van der Waals surface area (Å²) in [6.07, 6.45) is 0.0562. The van der Waals surface area contributed by atoms with Crippen molar-refractivity contribution in [1.29, 1.82) is 0 Å². The second kappa shape index (κ2) is 8.79. The lowest BCUT2D eigenvalue weighted by Crippen LogP contribution is -2.55. The van der Waals surface area contributed by atoms with Crippen LogP contribution < -0.4 is 10.6 Å². The average Bonchev–Trinajstić information content (AvgIpc) is 2.42. The Morgan fingerprint density at radius 2 is 2.00 bits per heavy atom. The molecule has 0 spiro atoms. The fourth-order valence-corrected chi connectivity index (χ4v) is 2.49. The third-order valence-corrected chi connectivity index (χ3v) is 3.44. The molecule has 1 atom stereocenters. The summed E-state index contributed by atoms with van der Waals surface area (Å²) in [5.41, 5.74) is 0.393. The number of piperazine rings is 1. The van der Waals surface area contributed by atoms with Crippen LogP contribution in [-0.2, 0) is 16.1 Å². The summed E-state index contributed by atoms with van der Waals surface area (Å²) in [6, 6.07) is 2.61. The van der Waals surface area contributed by atoms with Crippen molar-refractivity contribution in [3.63, 3.8) is 0 Å². The highest BCUT2D eigenvalue weighted by atomic mass is 35.5. The smallest absolute Gasteiger partial charge is 0.240 e. The van der Waals surface area contributed by atoms with Crippen molar-refractivity contribution in [3.05, 3.63) is 35.4 Å². The number of hydrogen-bond acceptors (Lipinski definition) is 3. The molecule has 1 aromatic rings. The molecule has 23 heavy (non-hydrogen) atoms. The molecule has 8 heteroatoms. The minimum absolute atomic E-state index is 0. The van der Waals surface area contributed by atoms with Crippen LogP contribution in [0.3, 0.4) is 0 Å². The molecule has 2 N–H and O–H groups in total. The van der Waals surface area contributed by atoms with Crippen molar-refractivity contribution in [3.8, 4) is 0 Å². The summed E-state index contributed by atoms with van der Waals surface area (Å²) < 4.78 is 26.4. The van der Waals surface area contributed by atoms with Gasteiger partial charge in [-0.15, -0.1) is 12.4 Å². The predicted molar refractivity (Wildman–Crippen MR) is 84.1 cm³/mol. The molecule has 0 radical (unpaired) electrons. The van der Waals surface area contributed by atoms with E-state index in [4.69, 9.17) is 0 Å². The van der Waals surface area contributed by atoms with Gasteiger partial charge in [0.05, 0.1) is 12.5 Å². The highest BCUT2D eigenvalue weighted by Crippen LogP contribution is 2.13. The van der Waals surface area contributed by atoms with Gasteiger partial charge in [-0.3, -0.25) is 9.59 Å². The molecular weight excluding hydrogens is 328 g/mol. The number of nitrogens with zero attached hydrogens (tertiary/aromatic N) is 1. The molecule has 1 heterocycles. The van der Waals surface area contributed by atoms with Crippen molar-refractivity contribution < 1.29 is 18.4 Å². The molecule has 0 aliphatic carbocycles. The van der Waals surface area contributed by atoms with Crippen molar-refractivity contribution in [2.45, 2.75) is 25.9 Å². The maximum absolute atomic E-state index is 13.2. The van der Waals surface area contributed by atoms with Gasteiger partial charge in [0.25, 0.3) is 0 Å². The van der Waals surface area contributed by atoms with E-state index in [1.807, 2.05) is 0 Å². The molecule has 0 bridgehead atoms. The van der Waals surface area contributed by atoms with Crippen molar-refractivity contribution >= 4 is 24.2 Å². The highest BCUT2D eigenvalue weighted by molar-refractivity contribution is 5.88. The first-order chi connectivity index (χ1) is 10.5. The van der Waals surface area contributed by atoms with Gasteiger partial charge in [0.1, 0.15) is 11.6 Å². The first-order valence-electron chi connectivity index (χ1n) is 7.23. The second-order valence-corrected chi connectivity index (χ2v) is 5.20. The first-order valence-corrected chi connectivity index (χ1v) is 7.23. The average molecular weight is 348 g/mol. The van der Waals surface area contributed by atoms with Crippen LogP contribution in [0.5, 0.6) is 0 Å². The van der Waals surface area contributed by atoms with Crippen molar-refractivity contribution in [2.75, 3.05) is 19.6 Å². The van der Waals surface area contributed by atoms with E-state index in [-0.39, 0.29) is 37.2 Å². The summed E-state index contributed by atoms with van der Waals surface area (Å²) in [6.45, 7) is 3.41. The van der Waals surface area contributed by atoms with Gasteiger partial charge < -0.3 is 15.5 Å². The number of hydrogen-bond donors (Lipinski definition) is 2. The zero-order chi connectivity index (χ0) is 16.1. The lowest BCUT2D eigenvalue weighted by atomic mass is 10.1. The number of nitrogens with one attached hydrogen (secondary N) is 2. The quantitative estimate of drug-likeness (QED) is 0.841. The van der Waals surface area contributed by atoms with E-state index in [2.05, 4.69) is 10.6 Å². The van der Waals surface area contributed by atoms with Gasteiger partial charge in [-0.05, 0) is 24.6 Å². The molecule has 0 aromatic heterocycles. The van der Waals surface area contributed by atoms with E-state index in [1.165, 1.54) is 17.0 Å². The molecule has 2 amide bonds. The third kappa shape index (κ3) is 5.44. The SMILES string of the molecule is CCNC(=O)CC1NCCN(Cc2cc(F)cc(F)c2)C1=O.Cl. The molecule has 1 aliphatic heterocycles. The minimum Gasteiger partial charge on any atom is -0.356 e. The number of rotatable bonds is 5. The third-order valence-electron chi connectivity index (χ3n) is 3.44. The van der Waals surface area contributed by atoms with Gasteiger partial charge in [-0.25, -0.2) is 8.78 Å². The first kappa shape index (κ1) is 19.3. The van der Waals surface area contributed by atoms with Gasteiger partial charge in [0.15, 0.2) is 0 Å². The zero-order valence-corrected chi connectivity index (χ0v) is 13.6. The molecule has 2 rings (SSSR count). The minimum atomic E-state index is -0.670. The Balaban J connectivity index is 0.00000264. The van der Waals surface area contributed by atoms with E-state index < -0.39 is 17.7 Å². The molecule has 1 unspecified atom stereocenters. The molecular formula is C15H20ClF2N3O2. The van der Waals surface area contributed by atoms with Crippen LogP contribution >= 0.6 is 12.4 Å². The fraction of sp³-hybridized carbons (Fsp3) is 0.467. The van der Waals surface area contributed by atoms with Crippen LogP contribution in [0.1, 0.15) is 18.9 Å². The number of carbonyl (C=O) groups is 2. The van der Waals surface area contributed by atoms with Gasteiger partial charge in [-0.2, -0.15) is 0 Å². The highest BCUT2D eigenvalue weighted by Gasteiger charge is 2.30. The topological polar surface area (TPSA) is 61.4 Å². The summed E-state index contributed by atoms with van der Waals surface area (Å²) in [4.78, 5) is 25.4. The number of halogens is 3. The Bertz CT molecular complexity index is 551. The molecule has 1 aliphatic rings. The Morgan fingerprint density at radius 3 is 2.61 bits per heavy atom. The summed E-state index contributed by atoms with van der Waals surface area (Å²) in [5.74, 6) is -1.78. The van der Waals surface area contributed by atoms with Crippen LogP contribution in [0.2, 0.25) is 0 Å². The van der Waals surface area contributed by atoms with E-state index in [9.17, 15) is 18.4 Å². The second-order valence-electron chi connectivity index (χ2n) is 5.20. The van der Waals surface area contributed by atoms with Crippen LogP contribution in [-0.4, -0.2) is 42.4 Å². The van der Waals surface area contributed by atoms with E-state index >= 15 is 0 Å². The van der Waals surface area contributed by atoms with E-state index in [1.54, 1.807) is 6.92 Å². The molecule has 1 fully saturated rings. The lowest BCUT2D eigenvalue weighted by molar-refractivity contribution is -0.138. The van der Waals surface area contributed by atoms with Crippen molar-refractivity contribution in [1.82, 2.24) is 15.5 Å². The van der Waals surface area contributed by atoms with Crippen LogP contribution in [0.15, 0.2) is 18.2 Å². The van der Waals surface area contributed by atoms with Gasteiger partial charge in [0.2, 0.25) is 11.8 Å². The normalized spacial score (nSPS) is 17.6.